The highest BCUT2D eigenvalue weighted by atomic mass is 79.9. The first-order valence-electron chi connectivity index (χ1n) is 8.56. The molecule has 2 aromatic heterocycles. The summed E-state index contributed by atoms with van der Waals surface area (Å²) in [6.45, 7) is 2.51. The number of fused-ring (bicyclic) bond motifs is 3. The van der Waals surface area contributed by atoms with E-state index in [0.29, 0.717) is 32.1 Å². The van der Waals surface area contributed by atoms with E-state index in [1.807, 2.05) is 49.4 Å². The summed E-state index contributed by atoms with van der Waals surface area (Å²) in [6.07, 6.45) is 7.11. The highest BCUT2D eigenvalue weighted by Crippen LogP contribution is 2.37. The first kappa shape index (κ1) is 18.5. The molecule has 0 fully saturated rings. The van der Waals surface area contributed by atoms with E-state index in [4.69, 9.17) is 15.9 Å². The lowest BCUT2D eigenvalue weighted by Gasteiger charge is -2.13. The van der Waals surface area contributed by atoms with Gasteiger partial charge in [0.05, 0.1) is 26.6 Å². The van der Waals surface area contributed by atoms with E-state index in [1.54, 1.807) is 4.40 Å². The summed E-state index contributed by atoms with van der Waals surface area (Å²) in [5, 5.41) is 0. The average Bonchev–Trinajstić information content (AvgIpc) is 3.18. The van der Waals surface area contributed by atoms with Crippen molar-refractivity contribution in [1.82, 2.24) is 9.38 Å². The van der Waals surface area contributed by atoms with Crippen molar-refractivity contribution < 1.29 is 9.47 Å². The van der Waals surface area contributed by atoms with E-state index < -0.39 is 0 Å². The first-order valence-corrected chi connectivity index (χ1v) is 10.2. The molecular weight excluding hydrogens is 440 g/mol. The van der Waals surface area contributed by atoms with Crippen molar-refractivity contribution in [2.24, 2.45) is 0 Å². The molecule has 0 aliphatic heterocycles. The number of hydrogen-bond acceptors (Lipinski definition) is 5. The first-order chi connectivity index (χ1) is 13.6. The second-order valence-electron chi connectivity index (χ2n) is 5.89. The third-order valence-corrected chi connectivity index (χ3v) is 5.63. The van der Waals surface area contributed by atoms with Gasteiger partial charge in [0.2, 0.25) is 0 Å². The van der Waals surface area contributed by atoms with Gasteiger partial charge in [-0.3, -0.25) is 4.79 Å². The van der Waals surface area contributed by atoms with Gasteiger partial charge in [-0.2, -0.15) is 0 Å². The van der Waals surface area contributed by atoms with E-state index in [2.05, 4.69) is 26.8 Å². The molecule has 0 spiro atoms. The Kier molecular flexibility index (Phi) is 5.07. The van der Waals surface area contributed by atoms with Crippen LogP contribution in [0.2, 0.25) is 0 Å². The van der Waals surface area contributed by atoms with Crippen LogP contribution in [0.3, 0.4) is 0 Å². The quantitative estimate of drug-likeness (QED) is 0.432. The molecule has 140 valence electrons. The van der Waals surface area contributed by atoms with Gasteiger partial charge >= 0.3 is 0 Å². The SMILES string of the molecule is C#CCOc1c(Br)cc(C=c2sc3nc4ccccc4n3c2=O)cc1OCC. The number of para-hydroxylation sites is 2. The zero-order chi connectivity index (χ0) is 19.7. The summed E-state index contributed by atoms with van der Waals surface area (Å²) in [4.78, 5) is 18.1. The molecule has 4 rings (SSSR count). The molecule has 7 heteroatoms. The molecule has 0 atom stereocenters. The maximum absolute atomic E-state index is 12.9. The van der Waals surface area contributed by atoms with Crippen molar-refractivity contribution >= 4 is 49.3 Å². The number of imidazole rings is 1. The van der Waals surface area contributed by atoms with Gasteiger partial charge in [0, 0.05) is 0 Å². The molecule has 4 aromatic rings. The smallest absolute Gasteiger partial charge is 0.274 e. The third-order valence-electron chi connectivity index (χ3n) is 4.07. The van der Waals surface area contributed by atoms with Crippen molar-refractivity contribution in [3.63, 3.8) is 0 Å². The number of aromatic nitrogens is 2. The van der Waals surface area contributed by atoms with E-state index in [9.17, 15) is 4.79 Å². The van der Waals surface area contributed by atoms with E-state index in [0.717, 1.165) is 16.6 Å². The topological polar surface area (TPSA) is 52.8 Å². The highest BCUT2D eigenvalue weighted by Gasteiger charge is 2.13. The van der Waals surface area contributed by atoms with E-state index in [1.165, 1.54) is 11.3 Å². The normalized spacial score (nSPS) is 11.8. The van der Waals surface area contributed by atoms with Crippen molar-refractivity contribution in [2.45, 2.75) is 6.92 Å². The van der Waals surface area contributed by atoms with Gasteiger partial charge in [-0.25, -0.2) is 9.38 Å². The van der Waals surface area contributed by atoms with Crippen LogP contribution >= 0.6 is 27.3 Å². The predicted octanol–water partition coefficient (Wildman–Crippen LogP) is 3.63. The van der Waals surface area contributed by atoms with Gasteiger partial charge in [0.25, 0.3) is 5.56 Å². The number of terminal acetylenes is 1. The monoisotopic (exact) mass is 454 g/mol. The fraction of sp³-hybridized carbons (Fsp3) is 0.143. The average molecular weight is 455 g/mol. The fourth-order valence-corrected chi connectivity index (χ4v) is 4.51. The zero-order valence-electron chi connectivity index (χ0n) is 14.9. The molecule has 0 aliphatic carbocycles. The van der Waals surface area contributed by atoms with Crippen LogP contribution in [-0.2, 0) is 0 Å². The van der Waals surface area contributed by atoms with Gasteiger partial charge in [-0.1, -0.05) is 29.4 Å². The van der Waals surface area contributed by atoms with Gasteiger partial charge < -0.3 is 9.47 Å². The van der Waals surface area contributed by atoms with Crippen LogP contribution < -0.4 is 19.6 Å². The third kappa shape index (κ3) is 3.26. The second-order valence-corrected chi connectivity index (χ2v) is 7.75. The van der Waals surface area contributed by atoms with Crippen LogP contribution in [0, 0.1) is 12.3 Å². The van der Waals surface area contributed by atoms with Crippen molar-refractivity contribution in [3.05, 3.63) is 61.3 Å². The number of halogens is 1. The summed E-state index contributed by atoms with van der Waals surface area (Å²) >= 11 is 4.86. The maximum atomic E-state index is 12.9. The molecule has 0 bridgehead atoms. The van der Waals surface area contributed by atoms with E-state index in [-0.39, 0.29) is 12.2 Å². The summed E-state index contributed by atoms with van der Waals surface area (Å²) in [7, 11) is 0. The Bertz CT molecular complexity index is 1330. The summed E-state index contributed by atoms with van der Waals surface area (Å²) in [5.41, 5.74) is 2.35. The van der Waals surface area contributed by atoms with Crippen molar-refractivity contribution in [2.75, 3.05) is 13.2 Å². The molecule has 0 unspecified atom stereocenters. The molecule has 2 heterocycles. The molecular formula is C21H15BrN2O3S. The van der Waals surface area contributed by atoms with Crippen LogP contribution in [0.15, 0.2) is 45.7 Å². The standard InChI is InChI=1S/C21H15BrN2O3S/c1-3-9-27-19-14(22)10-13(11-17(19)26-4-2)12-18-20(25)24-16-8-6-5-7-15(16)23-21(24)28-18/h1,5-8,10-12H,4,9H2,2H3. The minimum absolute atomic E-state index is 0.0876. The number of hydrogen-bond donors (Lipinski definition) is 0. The molecule has 2 aromatic carbocycles. The van der Waals surface area contributed by atoms with Crippen LogP contribution in [0.5, 0.6) is 11.5 Å². The van der Waals surface area contributed by atoms with Crippen LogP contribution in [0.25, 0.3) is 22.1 Å². The lowest BCUT2D eigenvalue weighted by Crippen LogP contribution is -2.22. The molecule has 0 N–H and O–H groups in total. The zero-order valence-corrected chi connectivity index (χ0v) is 17.3. The number of ether oxygens (including phenoxy) is 2. The molecule has 0 aliphatic rings. The molecule has 0 saturated carbocycles. The van der Waals surface area contributed by atoms with Crippen LogP contribution in [0.4, 0.5) is 0 Å². The van der Waals surface area contributed by atoms with Gasteiger partial charge in [-0.15, -0.1) is 6.42 Å². The Morgan fingerprint density at radius 3 is 2.93 bits per heavy atom. The van der Waals surface area contributed by atoms with Crippen LogP contribution in [0.1, 0.15) is 12.5 Å². The Morgan fingerprint density at radius 2 is 2.14 bits per heavy atom. The predicted molar refractivity (Wildman–Crippen MR) is 115 cm³/mol. The lowest BCUT2D eigenvalue weighted by molar-refractivity contribution is 0.298. The van der Waals surface area contributed by atoms with Crippen molar-refractivity contribution in [3.8, 4) is 23.8 Å². The maximum Gasteiger partial charge on any atom is 0.274 e. The molecule has 0 amide bonds. The minimum atomic E-state index is -0.0876. The molecule has 0 saturated heterocycles. The summed E-state index contributed by atoms with van der Waals surface area (Å²) < 4.78 is 14.2. The minimum Gasteiger partial charge on any atom is -0.490 e. The van der Waals surface area contributed by atoms with Crippen molar-refractivity contribution in [1.29, 1.82) is 0 Å². The van der Waals surface area contributed by atoms with Crippen LogP contribution in [-0.4, -0.2) is 22.6 Å². The van der Waals surface area contributed by atoms with Gasteiger partial charge in [0.1, 0.15) is 6.61 Å². The molecule has 5 nitrogen and oxygen atoms in total. The summed E-state index contributed by atoms with van der Waals surface area (Å²) in [5.74, 6) is 3.56. The number of thiazole rings is 1. The highest BCUT2D eigenvalue weighted by molar-refractivity contribution is 9.10. The number of benzene rings is 2. The molecule has 28 heavy (non-hydrogen) atoms. The van der Waals surface area contributed by atoms with Gasteiger partial charge in [-0.05, 0) is 58.8 Å². The summed E-state index contributed by atoms with van der Waals surface area (Å²) in [6, 6.07) is 11.3. The van der Waals surface area contributed by atoms with Gasteiger partial charge in [0.15, 0.2) is 16.5 Å². The lowest BCUT2D eigenvalue weighted by atomic mass is 10.2. The Morgan fingerprint density at radius 1 is 1.32 bits per heavy atom. The fourth-order valence-electron chi connectivity index (χ4n) is 2.95. The largest absolute Gasteiger partial charge is 0.490 e. The Hall–Kier alpha value is -2.82. The molecule has 0 radical (unpaired) electrons. The Labute approximate surface area is 173 Å². The number of nitrogens with zero attached hydrogens (tertiary/aromatic N) is 2. The second kappa shape index (κ2) is 7.66. The van der Waals surface area contributed by atoms with E-state index >= 15 is 0 Å². The number of rotatable bonds is 5. The Balaban J connectivity index is 1.85.